The van der Waals surface area contributed by atoms with Crippen molar-refractivity contribution in [2.75, 3.05) is 5.75 Å². The van der Waals surface area contributed by atoms with E-state index in [0.29, 0.717) is 11.3 Å². The van der Waals surface area contributed by atoms with Crippen molar-refractivity contribution in [3.63, 3.8) is 0 Å². The predicted molar refractivity (Wildman–Crippen MR) is 111 cm³/mol. The zero-order valence-electron chi connectivity index (χ0n) is 16.5. The minimum absolute atomic E-state index is 0.174. The number of carbonyl (C=O) groups is 2. The molecular weight excluding hydrogens is 375 g/mol. The van der Waals surface area contributed by atoms with Gasteiger partial charge in [0.2, 0.25) is 5.91 Å². The number of thioether (sulfide) groups is 1. The van der Waals surface area contributed by atoms with Crippen molar-refractivity contribution in [1.82, 2.24) is 10.2 Å². The van der Waals surface area contributed by atoms with Crippen LogP contribution in [0.4, 0.5) is 4.39 Å². The van der Waals surface area contributed by atoms with Crippen LogP contribution in [0.5, 0.6) is 0 Å². The monoisotopic (exact) mass is 400 g/mol. The lowest BCUT2D eigenvalue weighted by Gasteiger charge is -2.31. The van der Waals surface area contributed by atoms with E-state index in [1.807, 2.05) is 45.9 Å². The molecule has 2 amide bonds. The molecular formula is C22H25FN2O2S. The number of benzene rings is 2. The molecule has 28 heavy (non-hydrogen) atoms. The van der Waals surface area contributed by atoms with Gasteiger partial charge in [-0.05, 0) is 57.0 Å². The van der Waals surface area contributed by atoms with Crippen LogP contribution in [0, 0.1) is 12.7 Å². The second-order valence-corrected chi connectivity index (χ2v) is 9.13. The Kier molecular flexibility index (Phi) is 5.79. The summed E-state index contributed by atoms with van der Waals surface area (Å²) < 4.78 is 13.4. The number of hydrogen-bond acceptors (Lipinski definition) is 3. The van der Waals surface area contributed by atoms with Gasteiger partial charge in [-0.3, -0.25) is 9.59 Å². The molecule has 1 aliphatic rings. The number of nitrogens with one attached hydrogen (secondary N) is 1. The largest absolute Gasteiger partial charge is 0.350 e. The van der Waals surface area contributed by atoms with Crippen LogP contribution < -0.4 is 5.32 Å². The number of halogens is 1. The van der Waals surface area contributed by atoms with Crippen molar-refractivity contribution < 1.29 is 14.0 Å². The second-order valence-electron chi connectivity index (χ2n) is 8.02. The van der Waals surface area contributed by atoms with Crippen molar-refractivity contribution >= 4 is 23.6 Å². The van der Waals surface area contributed by atoms with E-state index in [0.717, 1.165) is 11.1 Å². The van der Waals surface area contributed by atoms with Crippen molar-refractivity contribution in [1.29, 1.82) is 0 Å². The van der Waals surface area contributed by atoms with E-state index in [4.69, 9.17) is 0 Å². The molecule has 148 valence electrons. The Morgan fingerprint density at radius 3 is 2.36 bits per heavy atom. The highest BCUT2D eigenvalue weighted by Crippen LogP contribution is 2.42. The summed E-state index contributed by atoms with van der Waals surface area (Å²) in [5, 5.41) is 2.64. The molecule has 1 aliphatic heterocycles. The number of rotatable bonds is 3. The van der Waals surface area contributed by atoms with Gasteiger partial charge >= 0.3 is 0 Å². The minimum Gasteiger partial charge on any atom is -0.350 e. The Bertz CT molecular complexity index is 877. The van der Waals surface area contributed by atoms with E-state index in [9.17, 15) is 14.0 Å². The third kappa shape index (κ3) is 4.38. The topological polar surface area (TPSA) is 49.4 Å². The first-order valence-corrected chi connectivity index (χ1v) is 10.3. The SMILES string of the molecule is Cc1ccccc1C(=O)N1C(C(=O)NC(C)(C)C)CSC1c1ccc(F)cc1. The van der Waals surface area contributed by atoms with Gasteiger partial charge in [0.15, 0.2) is 0 Å². The summed E-state index contributed by atoms with van der Waals surface area (Å²) >= 11 is 1.52. The standard InChI is InChI=1S/C22H25FN2O2S/c1-14-7-5-6-8-17(14)20(27)25-18(19(26)24-22(2,3)4)13-28-21(25)15-9-11-16(23)12-10-15/h5-12,18,21H,13H2,1-4H3,(H,24,26). The van der Waals surface area contributed by atoms with Gasteiger partial charge in [0.25, 0.3) is 5.91 Å². The van der Waals surface area contributed by atoms with Gasteiger partial charge in [0.05, 0.1) is 0 Å². The van der Waals surface area contributed by atoms with Crippen LogP contribution in [0.2, 0.25) is 0 Å². The molecule has 0 aromatic heterocycles. The molecule has 6 heteroatoms. The molecule has 1 fully saturated rings. The molecule has 1 N–H and O–H groups in total. The predicted octanol–water partition coefficient (Wildman–Crippen LogP) is 4.31. The van der Waals surface area contributed by atoms with Crippen LogP contribution in [-0.4, -0.2) is 34.0 Å². The van der Waals surface area contributed by atoms with Gasteiger partial charge in [-0.15, -0.1) is 11.8 Å². The van der Waals surface area contributed by atoms with Gasteiger partial charge in [-0.1, -0.05) is 30.3 Å². The van der Waals surface area contributed by atoms with Crippen LogP contribution in [0.15, 0.2) is 48.5 Å². The fraction of sp³-hybridized carbons (Fsp3) is 0.364. The fourth-order valence-electron chi connectivity index (χ4n) is 3.25. The number of carbonyl (C=O) groups excluding carboxylic acids is 2. The highest BCUT2D eigenvalue weighted by atomic mass is 32.2. The Balaban J connectivity index is 1.99. The van der Waals surface area contributed by atoms with Gasteiger partial charge in [0.1, 0.15) is 17.2 Å². The molecule has 1 saturated heterocycles. The van der Waals surface area contributed by atoms with Crippen LogP contribution in [0.1, 0.15) is 47.6 Å². The Hall–Kier alpha value is -2.34. The third-order valence-corrected chi connectivity index (χ3v) is 5.89. The lowest BCUT2D eigenvalue weighted by Crippen LogP contribution is -2.52. The maximum absolute atomic E-state index is 13.5. The summed E-state index contributed by atoms with van der Waals surface area (Å²) in [5.74, 6) is -0.203. The van der Waals surface area contributed by atoms with E-state index in [-0.39, 0.29) is 23.0 Å². The summed E-state index contributed by atoms with van der Waals surface area (Å²) in [5.41, 5.74) is 1.84. The maximum Gasteiger partial charge on any atom is 0.256 e. The van der Waals surface area contributed by atoms with E-state index < -0.39 is 11.6 Å². The molecule has 2 aromatic carbocycles. The summed E-state index contributed by atoms with van der Waals surface area (Å²) in [6, 6.07) is 12.9. The smallest absolute Gasteiger partial charge is 0.256 e. The first kappa shape index (κ1) is 20.4. The van der Waals surface area contributed by atoms with Crippen LogP contribution in [0.3, 0.4) is 0 Å². The first-order chi connectivity index (χ1) is 13.2. The fourth-order valence-corrected chi connectivity index (χ4v) is 4.67. The molecule has 0 saturated carbocycles. The molecule has 2 unspecified atom stereocenters. The molecule has 2 atom stereocenters. The lowest BCUT2D eigenvalue weighted by molar-refractivity contribution is -0.126. The van der Waals surface area contributed by atoms with Gasteiger partial charge in [-0.2, -0.15) is 0 Å². The molecule has 4 nitrogen and oxygen atoms in total. The van der Waals surface area contributed by atoms with E-state index in [2.05, 4.69) is 5.32 Å². The summed E-state index contributed by atoms with van der Waals surface area (Å²) in [6.07, 6.45) is 0. The molecule has 3 rings (SSSR count). The minimum atomic E-state index is -0.591. The van der Waals surface area contributed by atoms with Crippen molar-refractivity contribution in [3.05, 3.63) is 71.0 Å². The molecule has 0 spiro atoms. The summed E-state index contributed by atoms with van der Waals surface area (Å²) in [7, 11) is 0. The average Bonchev–Trinajstić information content (AvgIpc) is 3.06. The number of aryl methyl sites for hydroxylation is 1. The molecule has 0 bridgehead atoms. The third-order valence-electron chi connectivity index (χ3n) is 4.57. The maximum atomic E-state index is 13.5. The van der Waals surface area contributed by atoms with Crippen LogP contribution in [0.25, 0.3) is 0 Å². The van der Waals surface area contributed by atoms with E-state index >= 15 is 0 Å². The van der Waals surface area contributed by atoms with Gasteiger partial charge in [-0.25, -0.2) is 4.39 Å². The normalized spacial score (nSPS) is 19.5. The van der Waals surface area contributed by atoms with Crippen molar-refractivity contribution in [2.24, 2.45) is 0 Å². The van der Waals surface area contributed by atoms with Crippen molar-refractivity contribution in [2.45, 2.75) is 44.6 Å². The number of amides is 2. The lowest BCUT2D eigenvalue weighted by atomic mass is 10.0. The van der Waals surface area contributed by atoms with E-state index in [1.54, 1.807) is 23.1 Å². The zero-order chi connectivity index (χ0) is 20.5. The quantitative estimate of drug-likeness (QED) is 0.835. The molecule has 2 aromatic rings. The highest BCUT2D eigenvalue weighted by Gasteiger charge is 2.43. The highest BCUT2D eigenvalue weighted by molar-refractivity contribution is 7.99. The zero-order valence-corrected chi connectivity index (χ0v) is 17.3. The van der Waals surface area contributed by atoms with Gasteiger partial charge in [0, 0.05) is 16.9 Å². The molecule has 1 heterocycles. The molecule has 0 radical (unpaired) electrons. The number of nitrogens with zero attached hydrogens (tertiary/aromatic N) is 1. The Morgan fingerprint density at radius 2 is 1.75 bits per heavy atom. The summed E-state index contributed by atoms with van der Waals surface area (Å²) in [6.45, 7) is 7.63. The molecule has 0 aliphatic carbocycles. The first-order valence-electron chi connectivity index (χ1n) is 9.25. The van der Waals surface area contributed by atoms with Crippen molar-refractivity contribution in [3.8, 4) is 0 Å². The Labute approximate surface area is 169 Å². The summed E-state index contributed by atoms with van der Waals surface area (Å²) in [4.78, 5) is 28.0. The van der Waals surface area contributed by atoms with Crippen LogP contribution in [-0.2, 0) is 4.79 Å². The average molecular weight is 401 g/mol. The van der Waals surface area contributed by atoms with E-state index in [1.165, 1.54) is 23.9 Å². The van der Waals surface area contributed by atoms with Gasteiger partial charge < -0.3 is 10.2 Å². The number of hydrogen-bond donors (Lipinski definition) is 1. The van der Waals surface area contributed by atoms with Crippen LogP contribution >= 0.6 is 11.8 Å². The Morgan fingerprint density at radius 1 is 1.11 bits per heavy atom. The second kappa shape index (κ2) is 7.95.